The Bertz CT molecular complexity index is 1130. The van der Waals surface area contributed by atoms with E-state index in [1.807, 2.05) is 42.5 Å². The highest BCUT2D eigenvalue weighted by molar-refractivity contribution is 9.10. The average Bonchev–Trinajstić information content (AvgIpc) is 2.98. The predicted octanol–water partition coefficient (Wildman–Crippen LogP) is 5.04. The lowest BCUT2D eigenvalue weighted by Crippen LogP contribution is -2.11. The van der Waals surface area contributed by atoms with Crippen LogP contribution < -0.4 is 0 Å². The van der Waals surface area contributed by atoms with Gasteiger partial charge < -0.3 is 9.30 Å². The van der Waals surface area contributed by atoms with Gasteiger partial charge in [0.15, 0.2) is 0 Å². The number of aromatic nitrogens is 1. The summed E-state index contributed by atoms with van der Waals surface area (Å²) in [7, 11) is 1.71. The first-order valence-electron chi connectivity index (χ1n) is 8.58. The van der Waals surface area contributed by atoms with Gasteiger partial charge in [-0.05, 0) is 45.6 Å². The molecule has 1 aromatic heterocycles. The molecule has 0 aliphatic carbocycles. The number of ether oxygens (including phenoxy) is 1. The molecule has 0 atom stereocenters. The van der Waals surface area contributed by atoms with E-state index >= 15 is 0 Å². The summed E-state index contributed by atoms with van der Waals surface area (Å²) in [5.41, 5.74) is 4.23. The highest BCUT2D eigenvalue weighted by atomic mass is 79.9. The lowest BCUT2D eigenvalue weighted by atomic mass is 9.96. The monoisotopic (exact) mass is 433 g/mol. The van der Waals surface area contributed by atoms with Gasteiger partial charge in [0.05, 0.1) is 23.8 Å². The van der Waals surface area contributed by atoms with Gasteiger partial charge in [-0.2, -0.15) is 10.5 Å². The molecule has 0 saturated heterocycles. The summed E-state index contributed by atoms with van der Waals surface area (Å²) >= 11 is 3.40. The number of benzene rings is 2. The van der Waals surface area contributed by atoms with E-state index < -0.39 is 5.97 Å². The summed E-state index contributed by atoms with van der Waals surface area (Å²) in [5.74, 6) is -0.485. The first kappa shape index (κ1) is 19.4. The molecule has 2 aromatic carbocycles. The molecule has 0 aliphatic rings. The van der Waals surface area contributed by atoms with Crippen molar-refractivity contribution in [1.29, 1.82) is 10.5 Å². The normalized spacial score (nSPS) is 10.2. The fraction of sp³-hybridized carbons (Fsp3) is 0.136. The zero-order valence-electron chi connectivity index (χ0n) is 15.4. The van der Waals surface area contributed by atoms with Crippen molar-refractivity contribution in [3.8, 4) is 34.4 Å². The molecule has 0 bridgehead atoms. The molecule has 0 saturated carbocycles. The number of carbonyl (C=O) groups is 1. The van der Waals surface area contributed by atoms with Crippen LogP contribution in [-0.4, -0.2) is 17.1 Å². The average molecular weight is 434 g/mol. The SMILES string of the molecule is CCOC(=O)c1c(-c2ccc(-c3ccccc3C#N)cc2)c(C#N)c(Br)n1C. The second-order valence-electron chi connectivity index (χ2n) is 6.02. The number of carbonyl (C=O) groups excluding carboxylic acids is 1. The Kier molecular flexibility index (Phi) is 5.63. The minimum absolute atomic E-state index is 0.243. The van der Waals surface area contributed by atoms with E-state index in [0.29, 0.717) is 27.0 Å². The highest BCUT2D eigenvalue weighted by Gasteiger charge is 2.26. The lowest BCUT2D eigenvalue weighted by molar-refractivity contribution is 0.0516. The number of halogens is 1. The van der Waals surface area contributed by atoms with Gasteiger partial charge in [0, 0.05) is 12.6 Å². The molecule has 1 heterocycles. The van der Waals surface area contributed by atoms with Crippen LogP contribution in [0.5, 0.6) is 0 Å². The van der Waals surface area contributed by atoms with E-state index in [9.17, 15) is 15.3 Å². The summed E-state index contributed by atoms with van der Waals surface area (Å²) in [6, 6.07) is 19.2. The fourth-order valence-corrected chi connectivity index (χ4v) is 3.59. The molecule has 0 radical (unpaired) electrons. The van der Waals surface area contributed by atoms with Crippen LogP contribution in [0.3, 0.4) is 0 Å². The Morgan fingerprint density at radius 2 is 1.71 bits per heavy atom. The Labute approximate surface area is 171 Å². The number of hydrogen-bond donors (Lipinski definition) is 0. The number of nitriles is 2. The van der Waals surface area contributed by atoms with Crippen molar-refractivity contribution in [2.24, 2.45) is 7.05 Å². The maximum absolute atomic E-state index is 12.5. The minimum Gasteiger partial charge on any atom is -0.461 e. The Morgan fingerprint density at radius 3 is 2.32 bits per heavy atom. The van der Waals surface area contributed by atoms with Crippen LogP contribution in [0.25, 0.3) is 22.3 Å². The lowest BCUT2D eigenvalue weighted by Gasteiger charge is -2.09. The Balaban J connectivity index is 2.15. The fourth-order valence-electron chi connectivity index (χ4n) is 3.13. The van der Waals surface area contributed by atoms with Crippen molar-refractivity contribution in [2.75, 3.05) is 6.61 Å². The first-order chi connectivity index (χ1) is 13.5. The van der Waals surface area contributed by atoms with Gasteiger partial charge in [-0.15, -0.1) is 0 Å². The van der Waals surface area contributed by atoms with Crippen LogP contribution in [0, 0.1) is 22.7 Å². The van der Waals surface area contributed by atoms with Crippen LogP contribution in [0.2, 0.25) is 0 Å². The molecule has 5 nitrogen and oxygen atoms in total. The van der Waals surface area contributed by atoms with Gasteiger partial charge in [0.25, 0.3) is 0 Å². The van der Waals surface area contributed by atoms with Gasteiger partial charge >= 0.3 is 5.97 Å². The summed E-state index contributed by atoms with van der Waals surface area (Å²) in [5, 5.41) is 18.9. The van der Waals surface area contributed by atoms with E-state index in [1.165, 1.54) is 0 Å². The zero-order chi connectivity index (χ0) is 20.3. The van der Waals surface area contributed by atoms with Crippen LogP contribution in [0.1, 0.15) is 28.5 Å². The molecule has 28 heavy (non-hydrogen) atoms. The number of esters is 1. The number of nitrogens with zero attached hydrogens (tertiary/aromatic N) is 3. The summed E-state index contributed by atoms with van der Waals surface area (Å²) in [6.07, 6.45) is 0. The van der Waals surface area contributed by atoms with Gasteiger partial charge in [-0.1, -0.05) is 42.5 Å². The maximum atomic E-state index is 12.5. The molecule has 138 valence electrons. The second kappa shape index (κ2) is 8.12. The quantitative estimate of drug-likeness (QED) is 0.539. The van der Waals surface area contributed by atoms with Crippen molar-refractivity contribution in [1.82, 2.24) is 4.57 Å². The zero-order valence-corrected chi connectivity index (χ0v) is 16.9. The van der Waals surface area contributed by atoms with Gasteiger partial charge in [0.2, 0.25) is 0 Å². The van der Waals surface area contributed by atoms with E-state index in [4.69, 9.17) is 4.74 Å². The van der Waals surface area contributed by atoms with Gasteiger partial charge in [-0.3, -0.25) is 0 Å². The topological polar surface area (TPSA) is 78.8 Å². The van der Waals surface area contributed by atoms with E-state index in [-0.39, 0.29) is 6.61 Å². The molecular weight excluding hydrogens is 418 g/mol. The largest absolute Gasteiger partial charge is 0.461 e. The molecule has 0 N–H and O–H groups in total. The van der Waals surface area contributed by atoms with Crippen LogP contribution >= 0.6 is 15.9 Å². The third-order valence-electron chi connectivity index (χ3n) is 4.44. The molecule has 0 aliphatic heterocycles. The molecule has 0 unspecified atom stereocenters. The van der Waals surface area contributed by atoms with Gasteiger partial charge in [0.1, 0.15) is 16.4 Å². The number of hydrogen-bond acceptors (Lipinski definition) is 4. The second-order valence-corrected chi connectivity index (χ2v) is 6.77. The van der Waals surface area contributed by atoms with Crippen molar-refractivity contribution < 1.29 is 9.53 Å². The van der Waals surface area contributed by atoms with Crippen molar-refractivity contribution in [3.05, 3.63) is 70.0 Å². The van der Waals surface area contributed by atoms with Crippen molar-refractivity contribution in [3.63, 3.8) is 0 Å². The molecule has 0 fully saturated rings. The number of rotatable bonds is 4. The summed E-state index contributed by atoms with van der Waals surface area (Å²) < 4.78 is 7.32. The minimum atomic E-state index is -0.485. The summed E-state index contributed by atoms with van der Waals surface area (Å²) in [6.45, 7) is 1.98. The smallest absolute Gasteiger partial charge is 0.355 e. The molecule has 0 amide bonds. The molecular formula is C22H16BrN3O2. The van der Waals surface area contributed by atoms with E-state index in [2.05, 4.69) is 28.1 Å². The Morgan fingerprint density at radius 1 is 1.07 bits per heavy atom. The van der Waals surface area contributed by atoms with Gasteiger partial charge in [-0.25, -0.2) is 4.79 Å². The van der Waals surface area contributed by atoms with Crippen LogP contribution in [0.4, 0.5) is 0 Å². The molecule has 6 heteroatoms. The standard InChI is InChI=1S/C22H16BrN3O2/c1-3-28-22(27)20-19(18(13-25)21(23)26(20)2)15-10-8-14(9-11-15)17-7-5-4-6-16(17)12-24/h4-11H,3H2,1-2H3. The van der Waals surface area contributed by atoms with E-state index in [1.54, 1.807) is 24.6 Å². The molecule has 3 aromatic rings. The third-order valence-corrected chi connectivity index (χ3v) is 5.36. The first-order valence-corrected chi connectivity index (χ1v) is 9.38. The third kappa shape index (κ3) is 3.31. The van der Waals surface area contributed by atoms with E-state index in [0.717, 1.165) is 16.7 Å². The summed E-state index contributed by atoms with van der Waals surface area (Å²) in [4.78, 5) is 12.5. The predicted molar refractivity (Wildman–Crippen MR) is 109 cm³/mol. The Hall–Kier alpha value is -3.35. The molecule has 0 spiro atoms. The maximum Gasteiger partial charge on any atom is 0.355 e. The molecule has 3 rings (SSSR count). The van der Waals surface area contributed by atoms with Crippen LogP contribution in [0.15, 0.2) is 53.1 Å². The van der Waals surface area contributed by atoms with Crippen LogP contribution in [-0.2, 0) is 11.8 Å². The van der Waals surface area contributed by atoms with Crippen molar-refractivity contribution >= 4 is 21.9 Å². The highest BCUT2D eigenvalue weighted by Crippen LogP contribution is 2.36. The van der Waals surface area contributed by atoms with Crippen molar-refractivity contribution in [2.45, 2.75) is 6.92 Å².